The Morgan fingerprint density at radius 3 is 2.75 bits per heavy atom. The van der Waals surface area contributed by atoms with Gasteiger partial charge in [0.25, 0.3) is 0 Å². The van der Waals surface area contributed by atoms with E-state index in [1.165, 1.54) is 39.4 Å². The number of benzene rings is 1. The summed E-state index contributed by atoms with van der Waals surface area (Å²) in [5.41, 5.74) is 1.70. The Bertz CT molecular complexity index is 1080. The molecular weight excluding hydrogens is 382 g/mol. The molecule has 0 bridgehead atoms. The minimum Gasteiger partial charge on any atom is -0.495 e. The highest BCUT2D eigenvalue weighted by molar-refractivity contribution is 7.89. The van der Waals surface area contributed by atoms with Gasteiger partial charge in [-0.05, 0) is 30.3 Å². The number of H-pyrrole nitrogens is 1. The van der Waals surface area contributed by atoms with Gasteiger partial charge in [0.05, 0.1) is 23.2 Å². The van der Waals surface area contributed by atoms with Gasteiger partial charge in [-0.1, -0.05) is 0 Å². The number of aromatic nitrogens is 3. The van der Waals surface area contributed by atoms with E-state index in [1.54, 1.807) is 12.3 Å². The van der Waals surface area contributed by atoms with E-state index in [0.29, 0.717) is 29.3 Å². The number of hydrogen-bond donors (Lipinski definition) is 2. The number of pyridine rings is 1. The van der Waals surface area contributed by atoms with Crippen LogP contribution in [0.2, 0.25) is 0 Å². The summed E-state index contributed by atoms with van der Waals surface area (Å²) in [6.45, 7) is 0. The van der Waals surface area contributed by atoms with Gasteiger partial charge in [0.15, 0.2) is 5.65 Å². The SMILES string of the molecule is COc1ccc(S(=O)(=O)N(C)C)cc1NC(=O)CCc1nc2ncccc2[nH]1. The summed E-state index contributed by atoms with van der Waals surface area (Å²) in [6.07, 6.45) is 2.20. The number of nitrogens with one attached hydrogen (secondary N) is 2. The number of fused-ring (bicyclic) bond motifs is 1. The monoisotopic (exact) mass is 403 g/mol. The number of aryl methyl sites for hydroxylation is 1. The van der Waals surface area contributed by atoms with E-state index in [-0.39, 0.29) is 17.2 Å². The van der Waals surface area contributed by atoms with E-state index in [1.807, 2.05) is 6.07 Å². The number of nitrogens with zero attached hydrogens (tertiary/aromatic N) is 3. The van der Waals surface area contributed by atoms with E-state index in [2.05, 4.69) is 20.3 Å². The van der Waals surface area contributed by atoms with Gasteiger partial charge in [0, 0.05) is 33.1 Å². The van der Waals surface area contributed by atoms with Crippen molar-refractivity contribution in [2.24, 2.45) is 0 Å². The molecule has 0 unspecified atom stereocenters. The summed E-state index contributed by atoms with van der Waals surface area (Å²) in [7, 11) is 0.714. The van der Waals surface area contributed by atoms with Crippen LogP contribution in [0, 0.1) is 0 Å². The summed E-state index contributed by atoms with van der Waals surface area (Å²) in [5, 5.41) is 2.71. The summed E-state index contributed by atoms with van der Waals surface area (Å²) >= 11 is 0. The molecule has 0 fully saturated rings. The molecule has 3 rings (SSSR count). The van der Waals surface area contributed by atoms with Gasteiger partial charge in [-0.3, -0.25) is 4.79 Å². The molecule has 2 aromatic heterocycles. The van der Waals surface area contributed by atoms with Crippen LogP contribution in [0.25, 0.3) is 11.2 Å². The van der Waals surface area contributed by atoms with Gasteiger partial charge in [0.2, 0.25) is 15.9 Å². The van der Waals surface area contributed by atoms with Gasteiger partial charge in [0.1, 0.15) is 11.6 Å². The van der Waals surface area contributed by atoms with Crippen LogP contribution in [0.4, 0.5) is 5.69 Å². The van der Waals surface area contributed by atoms with Crippen LogP contribution in [0.5, 0.6) is 5.75 Å². The highest BCUT2D eigenvalue weighted by Gasteiger charge is 2.20. The second kappa shape index (κ2) is 7.95. The molecule has 1 amide bonds. The molecule has 1 aromatic carbocycles. The molecule has 0 aliphatic heterocycles. The first-order valence-corrected chi connectivity index (χ1v) is 9.95. The van der Waals surface area contributed by atoms with Gasteiger partial charge >= 0.3 is 0 Å². The average molecular weight is 403 g/mol. The lowest BCUT2D eigenvalue weighted by Crippen LogP contribution is -2.22. The molecule has 0 aliphatic carbocycles. The van der Waals surface area contributed by atoms with Gasteiger partial charge in [-0.2, -0.15) is 0 Å². The Labute approximate surface area is 162 Å². The maximum absolute atomic E-state index is 12.4. The van der Waals surface area contributed by atoms with Crippen molar-refractivity contribution in [2.45, 2.75) is 17.7 Å². The number of carbonyl (C=O) groups excluding carboxylic acids is 1. The van der Waals surface area contributed by atoms with E-state index in [0.717, 1.165) is 9.82 Å². The molecule has 148 valence electrons. The molecule has 0 saturated carbocycles. The second-order valence-corrected chi connectivity index (χ2v) is 8.41. The largest absolute Gasteiger partial charge is 0.495 e. The Balaban J connectivity index is 1.73. The van der Waals surface area contributed by atoms with Crippen LogP contribution in [-0.4, -0.2) is 54.8 Å². The van der Waals surface area contributed by atoms with Gasteiger partial charge in [-0.25, -0.2) is 22.7 Å². The van der Waals surface area contributed by atoms with E-state index >= 15 is 0 Å². The molecule has 3 aromatic rings. The fourth-order valence-electron chi connectivity index (χ4n) is 2.61. The molecule has 0 saturated heterocycles. The highest BCUT2D eigenvalue weighted by atomic mass is 32.2. The number of sulfonamides is 1. The predicted octanol–water partition coefficient (Wildman–Crippen LogP) is 1.79. The van der Waals surface area contributed by atoms with Crippen molar-refractivity contribution in [2.75, 3.05) is 26.5 Å². The van der Waals surface area contributed by atoms with Crippen molar-refractivity contribution in [3.63, 3.8) is 0 Å². The zero-order valence-electron chi connectivity index (χ0n) is 15.8. The summed E-state index contributed by atoms with van der Waals surface area (Å²) in [4.78, 5) is 24.0. The smallest absolute Gasteiger partial charge is 0.242 e. The first kappa shape index (κ1) is 19.8. The minimum atomic E-state index is -3.63. The molecule has 2 N–H and O–H groups in total. The van der Waals surface area contributed by atoms with Crippen LogP contribution in [0.15, 0.2) is 41.4 Å². The van der Waals surface area contributed by atoms with E-state index < -0.39 is 10.0 Å². The highest BCUT2D eigenvalue weighted by Crippen LogP contribution is 2.28. The van der Waals surface area contributed by atoms with E-state index in [4.69, 9.17) is 4.74 Å². The molecule has 0 aliphatic rings. The van der Waals surface area contributed by atoms with Crippen molar-refractivity contribution in [3.8, 4) is 5.75 Å². The number of aromatic amines is 1. The zero-order valence-corrected chi connectivity index (χ0v) is 16.6. The van der Waals surface area contributed by atoms with Crippen molar-refractivity contribution < 1.29 is 17.9 Å². The molecule has 28 heavy (non-hydrogen) atoms. The Morgan fingerprint density at radius 1 is 1.29 bits per heavy atom. The summed E-state index contributed by atoms with van der Waals surface area (Å²) < 4.78 is 31.0. The van der Waals surface area contributed by atoms with E-state index in [9.17, 15) is 13.2 Å². The fraction of sp³-hybridized carbons (Fsp3) is 0.278. The topological polar surface area (TPSA) is 117 Å². The van der Waals surface area contributed by atoms with Gasteiger partial charge in [-0.15, -0.1) is 0 Å². The van der Waals surface area contributed by atoms with Crippen LogP contribution in [0.1, 0.15) is 12.2 Å². The molecule has 2 heterocycles. The molecule has 0 atom stereocenters. The Hall–Kier alpha value is -2.98. The van der Waals surface area contributed by atoms with Crippen LogP contribution >= 0.6 is 0 Å². The quantitative estimate of drug-likeness (QED) is 0.621. The van der Waals surface area contributed by atoms with Crippen LogP contribution in [-0.2, 0) is 21.2 Å². The number of carbonyl (C=O) groups is 1. The minimum absolute atomic E-state index is 0.0666. The predicted molar refractivity (Wildman–Crippen MR) is 105 cm³/mol. The Kier molecular flexibility index (Phi) is 5.61. The summed E-state index contributed by atoms with van der Waals surface area (Å²) in [6, 6.07) is 8.00. The number of anilines is 1. The van der Waals surface area contributed by atoms with Crippen molar-refractivity contribution >= 4 is 32.8 Å². The molecule has 9 nitrogen and oxygen atoms in total. The maximum atomic E-state index is 12.4. The van der Waals surface area contributed by atoms with Crippen LogP contribution < -0.4 is 10.1 Å². The Morgan fingerprint density at radius 2 is 2.07 bits per heavy atom. The second-order valence-electron chi connectivity index (χ2n) is 6.26. The number of amides is 1. The lowest BCUT2D eigenvalue weighted by molar-refractivity contribution is -0.116. The van der Waals surface area contributed by atoms with Crippen molar-refractivity contribution in [1.29, 1.82) is 0 Å². The third-order valence-corrected chi connectivity index (χ3v) is 5.93. The number of rotatable bonds is 7. The number of methoxy groups -OCH3 is 1. The molecular formula is C18H21N5O4S. The third-order valence-electron chi connectivity index (χ3n) is 4.12. The molecule has 0 spiro atoms. The lowest BCUT2D eigenvalue weighted by atomic mass is 10.2. The molecule has 0 radical (unpaired) electrons. The molecule has 10 heteroatoms. The fourth-order valence-corrected chi connectivity index (χ4v) is 3.54. The first-order valence-electron chi connectivity index (χ1n) is 8.51. The van der Waals surface area contributed by atoms with Crippen molar-refractivity contribution in [3.05, 3.63) is 42.4 Å². The number of ether oxygens (including phenoxy) is 1. The number of imidazole rings is 1. The zero-order chi connectivity index (χ0) is 20.3. The maximum Gasteiger partial charge on any atom is 0.242 e. The van der Waals surface area contributed by atoms with Crippen molar-refractivity contribution in [1.82, 2.24) is 19.3 Å². The standard InChI is InChI=1S/C18H21N5O4S/c1-23(2)28(25,26)12-6-7-15(27-3)14(11-12)21-17(24)9-8-16-20-13-5-4-10-19-18(13)22-16/h4-7,10-11H,8-9H2,1-3H3,(H,21,24)(H,19,20,22). The summed E-state index contributed by atoms with van der Waals surface area (Å²) in [5.74, 6) is 0.741. The lowest BCUT2D eigenvalue weighted by Gasteiger charge is -2.15. The normalized spacial score (nSPS) is 11.7. The number of hydrogen-bond acceptors (Lipinski definition) is 6. The van der Waals surface area contributed by atoms with Crippen LogP contribution in [0.3, 0.4) is 0 Å². The van der Waals surface area contributed by atoms with Gasteiger partial charge < -0.3 is 15.0 Å². The average Bonchev–Trinajstić information content (AvgIpc) is 3.09. The first-order chi connectivity index (χ1) is 13.3. The third kappa shape index (κ3) is 4.12.